The van der Waals surface area contributed by atoms with E-state index in [1.165, 1.54) is 18.5 Å². The number of carbonyl (C=O) groups is 1. The van der Waals surface area contributed by atoms with Gasteiger partial charge in [0.25, 0.3) is 5.91 Å². The first-order valence-electron chi connectivity index (χ1n) is 8.54. The van der Waals surface area contributed by atoms with Crippen LogP contribution in [-0.4, -0.2) is 46.8 Å². The Bertz CT molecular complexity index is 584. The van der Waals surface area contributed by atoms with Crippen molar-refractivity contribution in [3.63, 3.8) is 0 Å². The summed E-state index contributed by atoms with van der Waals surface area (Å²) >= 11 is 0. The second-order valence-corrected chi connectivity index (χ2v) is 8.20. The molecule has 0 bridgehead atoms. The van der Waals surface area contributed by atoms with Gasteiger partial charge in [0.2, 0.25) is 0 Å². The van der Waals surface area contributed by atoms with Crippen molar-refractivity contribution in [3.8, 4) is 0 Å². The number of fused-ring (bicyclic) bond motifs is 1. The van der Waals surface area contributed by atoms with Gasteiger partial charge >= 0.3 is 0 Å². The molecular weight excluding hydrogens is 276 g/mol. The van der Waals surface area contributed by atoms with E-state index in [0.29, 0.717) is 23.4 Å². The minimum Gasteiger partial charge on any atom is -0.337 e. The Balaban J connectivity index is 1.58. The van der Waals surface area contributed by atoms with Gasteiger partial charge < -0.3 is 10.2 Å². The summed E-state index contributed by atoms with van der Waals surface area (Å²) in [6.45, 7) is 10.4. The number of carbonyl (C=O) groups excluding carboxylic acids is 1. The number of nitrogens with zero attached hydrogens (tertiary/aromatic N) is 3. The van der Waals surface area contributed by atoms with Crippen LogP contribution in [-0.2, 0) is 5.54 Å². The largest absolute Gasteiger partial charge is 0.337 e. The molecule has 22 heavy (non-hydrogen) atoms. The molecular formula is C17H26N4O. The Kier molecular flexibility index (Phi) is 3.12. The van der Waals surface area contributed by atoms with E-state index in [2.05, 4.69) is 36.8 Å². The first-order chi connectivity index (χ1) is 10.4. The maximum atomic E-state index is 12.8. The molecule has 5 nitrogen and oxygen atoms in total. The summed E-state index contributed by atoms with van der Waals surface area (Å²) in [4.78, 5) is 14.9. The van der Waals surface area contributed by atoms with E-state index in [1.807, 2.05) is 4.90 Å². The minimum atomic E-state index is -0.0676. The van der Waals surface area contributed by atoms with Crippen LogP contribution in [0.3, 0.4) is 0 Å². The van der Waals surface area contributed by atoms with Crippen molar-refractivity contribution in [1.82, 2.24) is 20.0 Å². The molecule has 3 heterocycles. The molecule has 1 saturated carbocycles. The van der Waals surface area contributed by atoms with Crippen LogP contribution in [0.2, 0.25) is 0 Å². The average molecular weight is 302 g/mol. The highest BCUT2D eigenvalue weighted by molar-refractivity contribution is 5.92. The van der Waals surface area contributed by atoms with Crippen LogP contribution in [0.1, 0.15) is 55.7 Å². The summed E-state index contributed by atoms with van der Waals surface area (Å²) in [5.41, 5.74) is 1.82. The summed E-state index contributed by atoms with van der Waals surface area (Å²) in [7, 11) is 0. The zero-order valence-electron chi connectivity index (χ0n) is 13.8. The molecule has 1 aliphatic carbocycles. The maximum Gasteiger partial charge on any atom is 0.274 e. The van der Waals surface area contributed by atoms with E-state index in [1.54, 1.807) is 0 Å². The maximum absolute atomic E-state index is 12.8. The Hall–Kier alpha value is -1.36. The Morgan fingerprint density at radius 2 is 1.86 bits per heavy atom. The predicted octanol–water partition coefficient (Wildman–Crippen LogP) is 1.81. The number of hydrogen-bond donors (Lipinski definition) is 1. The molecule has 0 radical (unpaired) electrons. The second kappa shape index (κ2) is 4.82. The molecule has 120 valence electrons. The normalized spacial score (nSPS) is 28.2. The fourth-order valence-corrected chi connectivity index (χ4v) is 3.89. The van der Waals surface area contributed by atoms with Gasteiger partial charge in [0.1, 0.15) is 0 Å². The summed E-state index contributed by atoms with van der Waals surface area (Å²) in [6.07, 6.45) is 2.46. The molecule has 4 rings (SSSR count). The average Bonchev–Trinajstić information content (AvgIpc) is 2.87. The first kappa shape index (κ1) is 14.2. The van der Waals surface area contributed by atoms with Gasteiger partial charge in [0.15, 0.2) is 5.69 Å². The van der Waals surface area contributed by atoms with E-state index < -0.39 is 0 Å². The van der Waals surface area contributed by atoms with Crippen molar-refractivity contribution in [3.05, 3.63) is 17.5 Å². The van der Waals surface area contributed by atoms with Gasteiger partial charge in [-0.2, -0.15) is 5.10 Å². The minimum absolute atomic E-state index is 0.0676. The third-order valence-electron chi connectivity index (χ3n) is 5.26. The Morgan fingerprint density at radius 3 is 2.41 bits per heavy atom. The van der Waals surface area contributed by atoms with Crippen LogP contribution >= 0.6 is 0 Å². The van der Waals surface area contributed by atoms with Crippen LogP contribution in [0.4, 0.5) is 0 Å². The molecule has 5 heteroatoms. The standard InChI is InChI=1S/C17H26N4O/c1-17(2,3)21-15(11-4-5-11)6-14(19-21)16(22)20-9-12-7-18-8-13(12)10-20/h6,11-13,18H,4-5,7-10H2,1-3H3/t12-,13+. The van der Waals surface area contributed by atoms with Crippen molar-refractivity contribution in [2.24, 2.45) is 11.8 Å². The van der Waals surface area contributed by atoms with E-state index in [-0.39, 0.29) is 11.4 Å². The van der Waals surface area contributed by atoms with Crippen LogP contribution in [0, 0.1) is 11.8 Å². The molecule has 3 aliphatic rings. The van der Waals surface area contributed by atoms with Gasteiger partial charge in [-0.1, -0.05) is 0 Å². The lowest BCUT2D eigenvalue weighted by atomic mass is 10.0. The zero-order chi connectivity index (χ0) is 15.5. The van der Waals surface area contributed by atoms with E-state index >= 15 is 0 Å². The molecule has 0 spiro atoms. The van der Waals surface area contributed by atoms with Crippen molar-refractivity contribution in [1.29, 1.82) is 0 Å². The van der Waals surface area contributed by atoms with Crippen molar-refractivity contribution < 1.29 is 4.79 Å². The van der Waals surface area contributed by atoms with Crippen LogP contribution < -0.4 is 5.32 Å². The van der Waals surface area contributed by atoms with Crippen LogP contribution in [0.15, 0.2) is 6.07 Å². The highest BCUT2D eigenvalue weighted by atomic mass is 16.2. The summed E-state index contributed by atoms with van der Waals surface area (Å²) in [5.74, 6) is 2.00. The molecule has 2 saturated heterocycles. The lowest BCUT2D eigenvalue weighted by Crippen LogP contribution is -2.32. The molecule has 0 unspecified atom stereocenters. The molecule has 3 fully saturated rings. The van der Waals surface area contributed by atoms with E-state index in [4.69, 9.17) is 5.10 Å². The molecule has 0 aromatic carbocycles. The smallest absolute Gasteiger partial charge is 0.274 e. The van der Waals surface area contributed by atoms with Crippen LogP contribution in [0.5, 0.6) is 0 Å². The number of hydrogen-bond acceptors (Lipinski definition) is 3. The Morgan fingerprint density at radius 1 is 1.23 bits per heavy atom. The highest BCUT2D eigenvalue weighted by Crippen LogP contribution is 2.42. The fourth-order valence-electron chi connectivity index (χ4n) is 3.89. The van der Waals surface area contributed by atoms with Crippen molar-refractivity contribution in [2.75, 3.05) is 26.2 Å². The predicted molar refractivity (Wildman–Crippen MR) is 85.0 cm³/mol. The van der Waals surface area contributed by atoms with Gasteiger partial charge in [-0.3, -0.25) is 9.48 Å². The van der Waals surface area contributed by atoms with Gasteiger partial charge in [-0.05, 0) is 51.5 Å². The third-order valence-corrected chi connectivity index (χ3v) is 5.26. The summed E-state index contributed by atoms with van der Waals surface area (Å²) in [6, 6.07) is 2.05. The molecule has 2 aliphatic heterocycles. The highest BCUT2D eigenvalue weighted by Gasteiger charge is 2.40. The molecule has 1 amide bonds. The van der Waals surface area contributed by atoms with Gasteiger partial charge in [0, 0.05) is 37.8 Å². The summed E-state index contributed by atoms with van der Waals surface area (Å²) < 4.78 is 2.08. The van der Waals surface area contributed by atoms with E-state index in [9.17, 15) is 4.79 Å². The third kappa shape index (κ3) is 2.35. The number of amides is 1. The molecule has 2 atom stereocenters. The fraction of sp³-hybridized carbons (Fsp3) is 0.765. The molecule has 1 N–H and O–H groups in total. The number of aromatic nitrogens is 2. The molecule has 1 aromatic rings. The lowest BCUT2D eigenvalue weighted by Gasteiger charge is -2.22. The quantitative estimate of drug-likeness (QED) is 0.906. The topological polar surface area (TPSA) is 50.2 Å². The van der Waals surface area contributed by atoms with Crippen molar-refractivity contribution >= 4 is 5.91 Å². The monoisotopic (exact) mass is 302 g/mol. The van der Waals surface area contributed by atoms with E-state index in [0.717, 1.165) is 26.2 Å². The Labute approximate surface area is 132 Å². The lowest BCUT2D eigenvalue weighted by molar-refractivity contribution is 0.0774. The SMILES string of the molecule is CC(C)(C)n1nc(C(=O)N2C[C@H]3CNC[C@H]3C2)cc1C1CC1. The molecule has 1 aromatic heterocycles. The second-order valence-electron chi connectivity index (χ2n) is 8.20. The van der Waals surface area contributed by atoms with Crippen LogP contribution in [0.25, 0.3) is 0 Å². The van der Waals surface area contributed by atoms with Crippen molar-refractivity contribution in [2.45, 2.75) is 45.1 Å². The number of likely N-dealkylation sites (tertiary alicyclic amines) is 1. The number of nitrogens with one attached hydrogen (secondary N) is 1. The van der Waals surface area contributed by atoms with Gasteiger partial charge in [-0.25, -0.2) is 0 Å². The van der Waals surface area contributed by atoms with Gasteiger partial charge in [-0.15, -0.1) is 0 Å². The van der Waals surface area contributed by atoms with Gasteiger partial charge in [0.05, 0.1) is 5.54 Å². The number of rotatable bonds is 2. The first-order valence-corrected chi connectivity index (χ1v) is 8.54. The zero-order valence-corrected chi connectivity index (χ0v) is 13.8. The summed E-state index contributed by atoms with van der Waals surface area (Å²) in [5, 5.41) is 8.11.